The lowest BCUT2D eigenvalue weighted by atomic mass is 9.98. The molecule has 0 saturated heterocycles. The molecular formula is C14H14ClN3O. The maximum atomic E-state index is 12.2. The van der Waals surface area contributed by atoms with Gasteiger partial charge in [0, 0.05) is 18.4 Å². The molecule has 0 radical (unpaired) electrons. The normalized spacial score (nSPS) is 11.9. The van der Waals surface area contributed by atoms with Crippen LogP contribution in [0.5, 0.6) is 0 Å². The number of nitrogens with zero attached hydrogens (tertiary/aromatic N) is 1. The molecule has 0 aliphatic carbocycles. The Hall–Kier alpha value is -1.91. The molecule has 1 atom stereocenters. The second kappa shape index (κ2) is 6.31. The molecule has 0 spiro atoms. The first kappa shape index (κ1) is 13.5. The minimum absolute atomic E-state index is 0.157. The van der Waals surface area contributed by atoms with Crippen molar-refractivity contribution >= 4 is 23.2 Å². The molecule has 1 unspecified atom stereocenters. The molecule has 0 aliphatic heterocycles. The van der Waals surface area contributed by atoms with Crippen molar-refractivity contribution in [2.45, 2.75) is 5.92 Å². The predicted molar refractivity (Wildman–Crippen MR) is 76.1 cm³/mol. The van der Waals surface area contributed by atoms with Crippen LogP contribution in [-0.4, -0.2) is 17.4 Å². The third kappa shape index (κ3) is 3.53. The van der Waals surface area contributed by atoms with Gasteiger partial charge in [0.05, 0.1) is 5.92 Å². The number of pyridine rings is 1. The van der Waals surface area contributed by atoms with E-state index in [1.165, 1.54) is 6.20 Å². The van der Waals surface area contributed by atoms with Crippen molar-refractivity contribution in [3.8, 4) is 0 Å². The van der Waals surface area contributed by atoms with E-state index in [2.05, 4.69) is 10.3 Å². The maximum Gasteiger partial charge on any atom is 0.233 e. The van der Waals surface area contributed by atoms with Crippen LogP contribution >= 0.6 is 11.6 Å². The Morgan fingerprint density at radius 3 is 2.68 bits per heavy atom. The largest absolute Gasteiger partial charge is 0.329 e. The third-order valence-corrected chi connectivity index (χ3v) is 2.95. The summed E-state index contributed by atoms with van der Waals surface area (Å²) in [7, 11) is 0. The predicted octanol–water partition coefficient (Wildman–Crippen LogP) is 2.42. The molecule has 19 heavy (non-hydrogen) atoms. The first-order chi connectivity index (χ1) is 9.20. The number of benzene rings is 1. The summed E-state index contributed by atoms with van der Waals surface area (Å²) in [5, 5.41) is 3.12. The quantitative estimate of drug-likeness (QED) is 0.842. The first-order valence-corrected chi connectivity index (χ1v) is 6.26. The molecular weight excluding hydrogens is 262 g/mol. The molecule has 1 aromatic heterocycles. The van der Waals surface area contributed by atoms with E-state index in [4.69, 9.17) is 17.3 Å². The monoisotopic (exact) mass is 275 g/mol. The second-order valence-corrected chi connectivity index (χ2v) is 4.44. The third-order valence-electron chi connectivity index (χ3n) is 2.75. The molecule has 5 heteroatoms. The zero-order valence-electron chi connectivity index (χ0n) is 10.2. The zero-order chi connectivity index (χ0) is 13.7. The average molecular weight is 276 g/mol. The van der Waals surface area contributed by atoms with E-state index in [0.29, 0.717) is 10.8 Å². The van der Waals surface area contributed by atoms with Crippen LogP contribution in [0.15, 0.2) is 48.7 Å². The summed E-state index contributed by atoms with van der Waals surface area (Å²) >= 11 is 5.77. The lowest BCUT2D eigenvalue weighted by molar-refractivity contribution is -0.117. The molecule has 98 valence electrons. The van der Waals surface area contributed by atoms with Crippen LogP contribution in [0, 0.1) is 0 Å². The van der Waals surface area contributed by atoms with Crippen molar-refractivity contribution in [3.63, 3.8) is 0 Å². The number of hydrogen-bond donors (Lipinski definition) is 2. The van der Waals surface area contributed by atoms with Gasteiger partial charge in [-0.2, -0.15) is 0 Å². The number of carbonyl (C=O) groups is 1. The van der Waals surface area contributed by atoms with E-state index >= 15 is 0 Å². The summed E-state index contributed by atoms with van der Waals surface area (Å²) in [6, 6.07) is 12.7. The highest BCUT2D eigenvalue weighted by Gasteiger charge is 2.18. The van der Waals surface area contributed by atoms with Crippen LogP contribution in [0.25, 0.3) is 0 Å². The van der Waals surface area contributed by atoms with Crippen LogP contribution in [0.1, 0.15) is 11.5 Å². The molecule has 4 nitrogen and oxygen atoms in total. The summed E-state index contributed by atoms with van der Waals surface area (Å²) in [4.78, 5) is 16.1. The SMILES string of the molecule is NCC(C(=O)Nc1ccnc(Cl)c1)c1ccccc1. The van der Waals surface area contributed by atoms with Gasteiger partial charge < -0.3 is 11.1 Å². The first-order valence-electron chi connectivity index (χ1n) is 5.88. The minimum Gasteiger partial charge on any atom is -0.329 e. The van der Waals surface area contributed by atoms with Crippen molar-refractivity contribution in [2.75, 3.05) is 11.9 Å². The Morgan fingerprint density at radius 2 is 2.05 bits per heavy atom. The summed E-state index contributed by atoms with van der Waals surface area (Å²) in [6.45, 7) is 0.245. The molecule has 0 fully saturated rings. The fourth-order valence-corrected chi connectivity index (χ4v) is 1.96. The second-order valence-electron chi connectivity index (χ2n) is 4.06. The highest BCUT2D eigenvalue weighted by atomic mass is 35.5. The number of anilines is 1. The molecule has 0 bridgehead atoms. The highest BCUT2D eigenvalue weighted by Crippen LogP contribution is 2.18. The van der Waals surface area contributed by atoms with Crippen LogP contribution in [0.4, 0.5) is 5.69 Å². The van der Waals surface area contributed by atoms with Crippen LogP contribution in [0.3, 0.4) is 0 Å². The van der Waals surface area contributed by atoms with E-state index in [1.807, 2.05) is 30.3 Å². The van der Waals surface area contributed by atoms with Gasteiger partial charge in [-0.05, 0) is 17.7 Å². The number of amides is 1. The smallest absolute Gasteiger partial charge is 0.233 e. The summed E-state index contributed by atoms with van der Waals surface area (Å²) in [5.41, 5.74) is 7.19. The van der Waals surface area contributed by atoms with E-state index in [9.17, 15) is 4.79 Å². The van der Waals surface area contributed by atoms with Crippen LogP contribution in [-0.2, 0) is 4.79 Å². The summed E-state index contributed by atoms with van der Waals surface area (Å²) in [6.07, 6.45) is 1.54. The Bertz CT molecular complexity index is 560. The molecule has 2 aromatic rings. The van der Waals surface area contributed by atoms with E-state index < -0.39 is 0 Å². The average Bonchev–Trinajstić information content (AvgIpc) is 2.41. The number of halogens is 1. The minimum atomic E-state index is -0.381. The number of aromatic nitrogens is 1. The lowest BCUT2D eigenvalue weighted by Crippen LogP contribution is -2.27. The number of nitrogens with two attached hydrogens (primary N) is 1. The lowest BCUT2D eigenvalue weighted by Gasteiger charge is -2.15. The van der Waals surface area contributed by atoms with Gasteiger partial charge in [0.2, 0.25) is 5.91 Å². The van der Waals surface area contributed by atoms with Gasteiger partial charge in [0.15, 0.2) is 0 Å². The summed E-state index contributed by atoms with van der Waals surface area (Å²) < 4.78 is 0. The maximum absolute atomic E-state index is 12.2. The highest BCUT2D eigenvalue weighted by molar-refractivity contribution is 6.29. The molecule has 1 aromatic carbocycles. The van der Waals surface area contributed by atoms with Gasteiger partial charge in [-0.15, -0.1) is 0 Å². The zero-order valence-corrected chi connectivity index (χ0v) is 11.0. The number of rotatable bonds is 4. The molecule has 0 saturated carbocycles. The van der Waals surface area contributed by atoms with Crippen LogP contribution < -0.4 is 11.1 Å². The van der Waals surface area contributed by atoms with Crippen molar-refractivity contribution in [2.24, 2.45) is 5.73 Å². The Morgan fingerprint density at radius 1 is 1.32 bits per heavy atom. The Labute approximate surface area is 116 Å². The fraction of sp³-hybridized carbons (Fsp3) is 0.143. The van der Waals surface area contributed by atoms with Gasteiger partial charge in [-0.3, -0.25) is 4.79 Å². The number of hydrogen-bond acceptors (Lipinski definition) is 3. The van der Waals surface area contributed by atoms with Gasteiger partial charge >= 0.3 is 0 Å². The molecule has 2 rings (SSSR count). The van der Waals surface area contributed by atoms with Crippen molar-refractivity contribution in [1.82, 2.24) is 4.98 Å². The van der Waals surface area contributed by atoms with E-state index in [0.717, 1.165) is 5.56 Å². The number of nitrogens with one attached hydrogen (secondary N) is 1. The summed E-state index contributed by atoms with van der Waals surface area (Å²) in [5.74, 6) is -0.538. The van der Waals surface area contributed by atoms with E-state index in [1.54, 1.807) is 12.1 Å². The van der Waals surface area contributed by atoms with Gasteiger partial charge in [-0.1, -0.05) is 41.9 Å². The van der Waals surface area contributed by atoms with Crippen molar-refractivity contribution < 1.29 is 4.79 Å². The van der Waals surface area contributed by atoms with Crippen molar-refractivity contribution in [1.29, 1.82) is 0 Å². The van der Waals surface area contributed by atoms with Gasteiger partial charge in [0.1, 0.15) is 5.15 Å². The van der Waals surface area contributed by atoms with Crippen molar-refractivity contribution in [3.05, 3.63) is 59.4 Å². The van der Waals surface area contributed by atoms with Gasteiger partial charge in [-0.25, -0.2) is 4.98 Å². The van der Waals surface area contributed by atoms with Crippen LogP contribution in [0.2, 0.25) is 5.15 Å². The number of carbonyl (C=O) groups excluding carboxylic acids is 1. The molecule has 1 amide bonds. The fourth-order valence-electron chi connectivity index (χ4n) is 1.79. The molecule has 1 heterocycles. The standard InChI is InChI=1S/C14H14ClN3O/c15-13-8-11(6-7-17-13)18-14(19)12(9-16)10-4-2-1-3-5-10/h1-8,12H,9,16H2,(H,17,18,19). The van der Waals surface area contributed by atoms with Gasteiger partial charge in [0.25, 0.3) is 0 Å². The molecule has 0 aliphatic rings. The Balaban J connectivity index is 2.14. The van der Waals surface area contributed by atoms with E-state index in [-0.39, 0.29) is 18.4 Å². The molecule has 3 N–H and O–H groups in total. The topological polar surface area (TPSA) is 68.0 Å². The Kier molecular flexibility index (Phi) is 4.49.